The van der Waals surface area contributed by atoms with Crippen molar-refractivity contribution >= 4 is 49.0 Å². The summed E-state index contributed by atoms with van der Waals surface area (Å²) in [4.78, 5) is 12.4. The molecule has 0 spiro atoms. The van der Waals surface area contributed by atoms with Crippen LogP contribution in [0.5, 0.6) is 0 Å². The number of Topliss-reactive ketones (excluding diaryl/α,β-unsaturated/α-hetero) is 1. The Labute approximate surface area is 126 Å². The van der Waals surface area contributed by atoms with Gasteiger partial charge in [-0.25, -0.2) is 0 Å². The number of benzene rings is 2. The molecule has 19 heavy (non-hydrogen) atoms. The van der Waals surface area contributed by atoms with E-state index >= 15 is 0 Å². The molecular weight excluding hydrogens is 374 g/mol. The van der Waals surface area contributed by atoms with Gasteiger partial charge in [-0.15, -0.1) is 0 Å². The molecule has 0 aromatic heterocycles. The third-order valence-electron chi connectivity index (χ3n) is 2.98. The molecule has 0 bridgehead atoms. The summed E-state index contributed by atoms with van der Waals surface area (Å²) in [5.41, 5.74) is 1.55. The minimum atomic E-state index is -0.252. The van der Waals surface area contributed by atoms with Crippen molar-refractivity contribution in [1.29, 1.82) is 0 Å². The minimum absolute atomic E-state index is 0.148. The zero-order valence-corrected chi connectivity index (χ0v) is 12.7. The lowest BCUT2D eigenvalue weighted by molar-refractivity contribution is -0.356. The first-order valence-corrected chi connectivity index (χ1v) is 7.12. The molecule has 0 saturated heterocycles. The summed E-state index contributed by atoms with van der Waals surface area (Å²) >= 11 is 6.69. The van der Waals surface area contributed by atoms with Gasteiger partial charge in [0.25, 0.3) is 11.5 Å². The summed E-state index contributed by atoms with van der Waals surface area (Å²) in [6.07, 6.45) is 0. The predicted molar refractivity (Wildman–Crippen MR) is 80.0 cm³/mol. The van der Waals surface area contributed by atoms with Crippen LogP contribution >= 0.6 is 31.9 Å². The number of nitrogens with zero attached hydrogens (tertiary/aromatic N) is 1. The number of rotatable bonds is 1. The van der Waals surface area contributed by atoms with Gasteiger partial charge in [0.1, 0.15) is 5.56 Å². The maximum absolute atomic E-state index is 12.4. The van der Waals surface area contributed by atoms with Crippen molar-refractivity contribution in [2.24, 2.45) is 0 Å². The molecule has 2 aromatic carbocycles. The third-order valence-corrected chi connectivity index (χ3v) is 4.31. The van der Waals surface area contributed by atoms with Crippen LogP contribution in [0.25, 0.3) is 0 Å². The third kappa shape index (κ3) is 1.84. The Balaban J connectivity index is 2.29. The highest BCUT2D eigenvalue weighted by Crippen LogP contribution is 2.35. The summed E-state index contributed by atoms with van der Waals surface area (Å²) in [5, 5.41) is 12.4. The zero-order valence-electron chi connectivity index (χ0n) is 9.56. The standard InChI is InChI=1S/C14H7Br2NO2/c15-10-6-2-1-4-8(10)13-14(18)9-5-3-7-11(16)12(9)17(13)19/h1-7H. The molecule has 0 atom stereocenters. The summed E-state index contributed by atoms with van der Waals surface area (Å²) in [7, 11) is 0. The first-order valence-electron chi connectivity index (χ1n) is 5.53. The maximum Gasteiger partial charge on any atom is 0.274 e. The summed E-state index contributed by atoms with van der Waals surface area (Å²) in [6, 6.07) is 12.4. The molecule has 0 saturated carbocycles. The molecule has 3 rings (SSSR count). The van der Waals surface area contributed by atoms with Crippen molar-refractivity contribution in [3.05, 3.63) is 67.7 Å². The summed E-state index contributed by atoms with van der Waals surface area (Å²) < 4.78 is 2.04. The van der Waals surface area contributed by atoms with Crippen LogP contribution < -0.4 is 0 Å². The van der Waals surface area contributed by atoms with E-state index in [1.165, 1.54) is 0 Å². The molecule has 0 radical (unpaired) electrons. The van der Waals surface area contributed by atoms with E-state index in [0.717, 1.165) is 4.47 Å². The molecule has 94 valence electrons. The molecule has 0 N–H and O–H groups in total. The van der Waals surface area contributed by atoms with Crippen LogP contribution in [0, 0.1) is 5.21 Å². The summed E-state index contributed by atoms with van der Waals surface area (Å²) in [5.74, 6) is -0.252. The van der Waals surface area contributed by atoms with Gasteiger partial charge in [0.15, 0.2) is 0 Å². The second kappa shape index (κ2) is 4.58. The Hall–Kier alpha value is -1.46. The van der Waals surface area contributed by atoms with Crippen LogP contribution in [0.3, 0.4) is 0 Å². The van der Waals surface area contributed by atoms with E-state index in [4.69, 9.17) is 0 Å². The van der Waals surface area contributed by atoms with E-state index in [9.17, 15) is 10.0 Å². The van der Waals surface area contributed by atoms with E-state index in [-0.39, 0.29) is 11.5 Å². The molecule has 5 heteroatoms. The Morgan fingerprint density at radius 2 is 1.53 bits per heavy atom. The first kappa shape index (κ1) is 12.6. The van der Waals surface area contributed by atoms with Crippen molar-refractivity contribution in [3.63, 3.8) is 0 Å². The monoisotopic (exact) mass is 379 g/mol. The average Bonchev–Trinajstić information content (AvgIpc) is 2.64. The van der Waals surface area contributed by atoms with Gasteiger partial charge in [0, 0.05) is 4.47 Å². The van der Waals surface area contributed by atoms with Gasteiger partial charge in [-0.2, -0.15) is 4.74 Å². The van der Waals surface area contributed by atoms with Crippen LogP contribution in [0.1, 0.15) is 15.9 Å². The highest BCUT2D eigenvalue weighted by Gasteiger charge is 2.38. The van der Waals surface area contributed by atoms with Gasteiger partial charge >= 0.3 is 0 Å². The van der Waals surface area contributed by atoms with Gasteiger partial charge in [-0.05, 0) is 56.1 Å². The number of halogens is 2. The molecule has 1 heterocycles. The fourth-order valence-corrected chi connectivity index (χ4v) is 3.12. The van der Waals surface area contributed by atoms with E-state index in [0.29, 0.717) is 26.0 Å². The molecule has 0 fully saturated rings. The Bertz CT molecular complexity index is 738. The lowest BCUT2D eigenvalue weighted by atomic mass is 10.0. The number of hydrogen-bond acceptors (Lipinski definition) is 2. The number of fused-ring (bicyclic) bond motifs is 1. The highest BCUT2D eigenvalue weighted by molar-refractivity contribution is 9.11. The van der Waals surface area contributed by atoms with Gasteiger partial charge in [0.2, 0.25) is 5.69 Å². The van der Waals surface area contributed by atoms with Crippen molar-refractivity contribution in [2.45, 2.75) is 0 Å². The quantitative estimate of drug-likeness (QED) is 0.553. The SMILES string of the molecule is O=C1C(c2ccccc2Br)=[N+]([O-])c2c(Br)cccc21. The van der Waals surface area contributed by atoms with Gasteiger partial charge in [0.05, 0.1) is 10.0 Å². The Morgan fingerprint density at radius 3 is 2.21 bits per heavy atom. The normalized spacial score (nSPS) is 13.9. The Kier molecular flexibility index (Phi) is 3.03. The van der Waals surface area contributed by atoms with Crippen molar-refractivity contribution in [3.8, 4) is 0 Å². The molecule has 3 nitrogen and oxygen atoms in total. The van der Waals surface area contributed by atoms with Crippen molar-refractivity contribution < 1.29 is 9.53 Å². The van der Waals surface area contributed by atoms with E-state index in [1.54, 1.807) is 30.3 Å². The first-order chi connectivity index (χ1) is 9.11. The number of para-hydroxylation sites is 1. The number of carbonyl (C=O) groups is 1. The van der Waals surface area contributed by atoms with Crippen LogP contribution in [0.15, 0.2) is 51.4 Å². The average molecular weight is 381 g/mol. The van der Waals surface area contributed by atoms with Crippen LogP contribution in [0.2, 0.25) is 0 Å². The molecule has 1 aliphatic heterocycles. The fraction of sp³-hybridized carbons (Fsp3) is 0. The zero-order chi connectivity index (χ0) is 13.6. The van der Waals surface area contributed by atoms with Crippen molar-refractivity contribution in [2.75, 3.05) is 0 Å². The van der Waals surface area contributed by atoms with Crippen LogP contribution in [-0.2, 0) is 0 Å². The fourth-order valence-electron chi connectivity index (χ4n) is 2.12. The van der Waals surface area contributed by atoms with Gasteiger partial charge in [-0.1, -0.05) is 18.2 Å². The van der Waals surface area contributed by atoms with E-state index < -0.39 is 0 Å². The van der Waals surface area contributed by atoms with Crippen LogP contribution in [-0.4, -0.2) is 16.2 Å². The minimum Gasteiger partial charge on any atom is -0.618 e. The maximum atomic E-state index is 12.4. The Morgan fingerprint density at radius 1 is 0.895 bits per heavy atom. The second-order valence-electron chi connectivity index (χ2n) is 4.09. The lowest BCUT2D eigenvalue weighted by Gasteiger charge is -2.04. The number of carbonyl (C=O) groups excluding carboxylic acids is 1. The van der Waals surface area contributed by atoms with Crippen LogP contribution in [0.4, 0.5) is 5.69 Å². The number of ketones is 1. The van der Waals surface area contributed by atoms with Crippen molar-refractivity contribution in [1.82, 2.24) is 0 Å². The molecular formula is C14H7Br2NO2. The van der Waals surface area contributed by atoms with E-state index in [1.807, 2.05) is 12.1 Å². The molecule has 0 amide bonds. The smallest absolute Gasteiger partial charge is 0.274 e. The second-order valence-corrected chi connectivity index (χ2v) is 5.80. The van der Waals surface area contributed by atoms with Gasteiger partial charge < -0.3 is 5.21 Å². The topological polar surface area (TPSA) is 43.1 Å². The predicted octanol–water partition coefficient (Wildman–Crippen LogP) is 4.04. The van der Waals surface area contributed by atoms with E-state index in [2.05, 4.69) is 31.9 Å². The molecule has 1 aliphatic rings. The van der Waals surface area contributed by atoms with Gasteiger partial charge in [-0.3, -0.25) is 4.79 Å². The summed E-state index contributed by atoms with van der Waals surface area (Å²) in [6.45, 7) is 0. The lowest BCUT2D eigenvalue weighted by Crippen LogP contribution is -2.17. The molecule has 0 unspecified atom stereocenters. The highest BCUT2D eigenvalue weighted by atomic mass is 79.9. The largest absolute Gasteiger partial charge is 0.618 e. The number of hydrogen-bond donors (Lipinski definition) is 0. The molecule has 2 aromatic rings. The molecule has 0 aliphatic carbocycles.